The van der Waals surface area contributed by atoms with Crippen LogP contribution in [0.3, 0.4) is 0 Å². The van der Waals surface area contributed by atoms with Gasteiger partial charge in [0.25, 0.3) is 0 Å². The standard InChI is InChI=1S/C22H20BrN3/c23-19-12-13-21-25-22(20(7-4-14-24)26(21)15-19)18-10-8-17(9-11-18)16-5-2-1-3-6-16/h1-3,5-6,8-13,15H,4,7,14,24H2. The van der Waals surface area contributed by atoms with Crippen molar-refractivity contribution in [3.05, 3.63) is 83.1 Å². The lowest BCUT2D eigenvalue weighted by atomic mass is 10.0. The number of benzene rings is 2. The predicted molar refractivity (Wildman–Crippen MR) is 111 cm³/mol. The van der Waals surface area contributed by atoms with Crippen molar-refractivity contribution in [2.45, 2.75) is 12.8 Å². The molecule has 2 N–H and O–H groups in total. The first-order valence-corrected chi connectivity index (χ1v) is 9.58. The molecule has 130 valence electrons. The number of halogens is 1. The van der Waals surface area contributed by atoms with Gasteiger partial charge in [0.2, 0.25) is 0 Å². The van der Waals surface area contributed by atoms with Gasteiger partial charge in [0.1, 0.15) is 5.65 Å². The molecule has 0 amide bonds. The molecule has 0 spiro atoms. The van der Waals surface area contributed by atoms with Crippen molar-refractivity contribution in [1.82, 2.24) is 9.38 Å². The lowest BCUT2D eigenvalue weighted by molar-refractivity contribution is 0.803. The third kappa shape index (κ3) is 3.30. The van der Waals surface area contributed by atoms with Gasteiger partial charge in [-0.05, 0) is 58.6 Å². The maximum atomic E-state index is 5.75. The third-order valence-electron chi connectivity index (χ3n) is 4.56. The van der Waals surface area contributed by atoms with Crippen LogP contribution in [0.1, 0.15) is 12.1 Å². The number of rotatable bonds is 5. The Morgan fingerprint density at radius 2 is 1.54 bits per heavy atom. The van der Waals surface area contributed by atoms with E-state index in [2.05, 4.69) is 75.1 Å². The molecule has 0 unspecified atom stereocenters. The molecule has 2 aromatic heterocycles. The van der Waals surface area contributed by atoms with Gasteiger partial charge in [0, 0.05) is 16.2 Å². The van der Waals surface area contributed by atoms with Crippen LogP contribution in [0.15, 0.2) is 77.4 Å². The monoisotopic (exact) mass is 405 g/mol. The number of aromatic nitrogens is 2. The van der Waals surface area contributed by atoms with Crippen LogP contribution >= 0.6 is 15.9 Å². The topological polar surface area (TPSA) is 43.3 Å². The highest BCUT2D eigenvalue weighted by Crippen LogP contribution is 2.29. The molecular formula is C22H20BrN3. The van der Waals surface area contributed by atoms with E-state index < -0.39 is 0 Å². The van der Waals surface area contributed by atoms with E-state index in [9.17, 15) is 0 Å². The van der Waals surface area contributed by atoms with Gasteiger partial charge in [0.05, 0.1) is 11.4 Å². The quantitative estimate of drug-likeness (QED) is 0.487. The van der Waals surface area contributed by atoms with Crippen molar-refractivity contribution in [3.8, 4) is 22.4 Å². The molecule has 0 aliphatic heterocycles. The van der Waals surface area contributed by atoms with Crippen molar-refractivity contribution < 1.29 is 0 Å². The van der Waals surface area contributed by atoms with Gasteiger partial charge in [-0.25, -0.2) is 4.98 Å². The predicted octanol–water partition coefficient (Wildman–Crippen LogP) is 5.32. The molecule has 0 fully saturated rings. The van der Waals surface area contributed by atoms with E-state index >= 15 is 0 Å². The van der Waals surface area contributed by atoms with Crippen LogP contribution in [0, 0.1) is 0 Å². The molecule has 0 aliphatic rings. The highest BCUT2D eigenvalue weighted by Gasteiger charge is 2.14. The molecule has 0 aliphatic carbocycles. The molecule has 4 heteroatoms. The highest BCUT2D eigenvalue weighted by molar-refractivity contribution is 9.10. The number of nitrogens with zero attached hydrogens (tertiary/aromatic N) is 2. The fraction of sp³-hybridized carbons (Fsp3) is 0.136. The van der Waals surface area contributed by atoms with Gasteiger partial charge in [-0.15, -0.1) is 0 Å². The summed E-state index contributed by atoms with van der Waals surface area (Å²) in [5.41, 5.74) is 12.5. The third-order valence-corrected chi connectivity index (χ3v) is 5.03. The zero-order valence-corrected chi connectivity index (χ0v) is 16.0. The Bertz CT molecular complexity index is 1020. The summed E-state index contributed by atoms with van der Waals surface area (Å²) in [6.07, 6.45) is 3.93. The highest BCUT2D eigenvalue weighted by atomic mass is 79.9. The first kappa shape index (κ1) is 17.0. The normalized spacial score (nSPS) is 11.2. The van der Waals surface area contributed by atoms with Crippen molar-refractivity contribution in [2.75, 3.05) is 6.54 Å². The van der Waals surface area contributed by atoms with E-state index in [1.807, 2.05) is 18.2 Å². The lowest BCUT2D eigenvalue weighted by Gasteiger charge is -2.07. The summed E-state index contributed by atoms with van der Waals surface area (Å²) in [5.74, 6) is 0. The van der Waals surface area contributed by atoms with E-state index in [1.54, 1.807) is 0 Å². The summed E-state index contributed by atoms with van der Waals surface area (Å²) in [6.45, 7) is 0.674. The summed E-state index contributed by atoms with van der Waals surface area (Å²) in [6, 6.07) is 23.1. The average Bonchev–Trinajstić information content (AvgIpc) is 3.05. The fourth-order valence-electron chi connectivity index (χ4n) is 3.26. The minimum absolute atomic E-state index is 0.674. The van der Waals surface area contributed by atoms with Gasteiger partial charge < -0.3 is 10.1 Å². The van der Waals surface area contributed by atoms with Crippen LogP contribution in [0.25, 0.3) is 28.0 Å². The molecule has 4 aromatic rings. The van der Waals surface area contributed by atoms with Crippen LogP contribution in [0.4, 0.5) is 0 Å². The minimum atomic E-state index is 0.674. The summed E-state index contributed by atoms with van der Waals surface area (Å²) in [4.78, 5) is 4.88. The van der Waals surface area contributed by atoms with Gasteiger partial charge in [-0.3, -0.25) is 0 Å². The summed E-state index contributed by atoms with van der Waals surface area (Å²) in [5, 5.41) is 0. The number of aryl methyl sites for hydroxylation is 1. The largest absolute Gasteiger partial charge is 0.330 e. The Morgan fingerprint density at radius 1 is 0.846 bits per heavy atom. The second kappa shape index (κ2) is 7.44. The van der Waals surface area contributed by atoms with Gasteiger partial charge in [-0.2, -0.15) is 0 Å². The first-order valence-electron chi connectivity index (χ1n) is 8.78. The second-order valence-corrected chi connectivity index (χ2v) is 7.23. The van der Waals surface area contributed by atoms with Gasteiger partial charge in [0.15, 0.2) is 0 Å². The van der Waals surface area contributed by atoms with Crippen LogP contribution in [-0.2, 0) is 6.42 Å². The summed E-state index contributed by atoms with van der Waals surface area (Å²) < 4.78 is 3.21. The maximum absolute atomic E-state index is 5.75. The molecule has 3 nitrogen and oxygen atoms in total. The number of hydrogen-bond acceptors (Lipinski definition) is 2. The van der Waals surface area contributed by atoms with Crippen LogP contribution in [0.5, 0.6) is 0 Å². The van der Waals surface area contributed by atoms with Crippen molar-refractivity contribution in [2.24, 2.45) is 5.73 Å². The summed E-state index contributed by atoms with van der Waals surface area (Å²) >= 11 is 3.56. The van der Waals surface area contributed by atoms with Crippen LogP contribution < -0.4 is 5.73 Å². The first-order chi connectivity index (χ1) is 12.8. The molecule has 0 atom stereocenters. The van der Waals surface area contributed by atoms with E-state index in [4.69, 9.17) is 10.7 Å². The maximum Gasteiger partial charge on any atom is 0.137 e. The van der Waals surface area contributed by atoms with Gasteiger partial charge in [-0.1, -0.05) is 54.6 Å². The Kier molecular flexibility index (Phi) is 4.87. The molecular weight excluding hydrogens is 386 g/mol. The zero-order chi connectivity index (χ0) is 17.9. The molecule has 2 aromatic carbocycles. The number of imidazole rings is 1. The summed E-state index contributed by atoms with van der Waals surface area (Å²) in [7, 11) is 0. The molecule has 2 heterocycles. The van der Waals surface area contributed by atoms with Crippen molar-refractivity contribution in [3.63, 3.8) is 0 Å². The van der Waals surface area contributed by atoms with Gasteiger partial charge >= 0.3 is 0 Å². The van der Waals surface area contributed by atoms with E-state index in [1.165, 1.54) is 16.8 Å². The van der Waals surface area contributed by atoms with E-state index in [-0.39, 0.29) is 0 Å². The molecule has 26 heavy (non-hydrogen) atoms. The Hall–Kier alpha value is -2.43. The van der Waals surface area contributed by atoms with Crippen LogP contribution in [-0.4, -0.2) is 15.9 Å². The second-order valence-electron chi connectivity index (χ2n) is 6.32. The minimum Gasteiger partial charge on any atom is -0.330 e. The van der Waals surface area contributed by atoms with E-state index in [0.717, 1.165) is 34.2 Å². The number of fused-ring (bicyclic) bond motifs is 1. The molecule has 0 saturated heterocycles. The zero-order valence-electron chi connectivity index (χ0n) is 14.4. The van der Waals surface area contributed by atoms with E-state index in [0.29, 0.717) is 6.54 Å². The number of nitrogens with two attached hydrogens (primary N) is 1. The lowest BCUT2D eigenvalue weighted by Crippen LogP contribution is -2.03. The fourth-order valence-corrected chi connectivity index (χ4v) is 3.60. The molecule has 4 rings (SSSR count). The Balaban J connectivity index is 1.78. The Morgan fingerprint density at radius 3 is 2.27 bits per heavy atom. The number of hydrogen-bond donors (Lipinski definition) is 1. The smallest absolute Gasteiger partial charge is 0.137 e. The molecule has 0 bridgehead atoms. The molecule has 0 radical (unpaired) electrons. The SMILES string of the molecule is NCCCc1c(-c2ccc(-c3ccccc3)cc2)nc2ccc(Br)cn12. The van der Waals surface area contributed by atoms with Crippen LogP contribution in [0.2, 0.25) is 0 Å². The average molecular weight is 406 g/mol. The van der Waals surface area contributed by atoms with Crippen molar-refractivity contribution >= 4 is 21.6 Å². The van der Waals surface area contributed by atoms with Crippen molar-refractivity contribution in [1.29, 1.82) is 0 Å². The molecule has 0 saturated carbocycles. The Labute approximate surface area is 161 Å². The number of pyridine rings is 1.